The third-order valence-corrected chi connectivity index (χ3v) is 0.687. The molecule has 38 valence electrons. The highest BCUT2D eigenvalue weighted by molar-refractivity contribution is 5.58. The standard InChI is InChI=1S/C3H6N4/c1-3-6-5-2-7(3)4/h2,6H,1,4H2. The number of hydrazine groups is 1. The first-order chi connectivity index (χ1) is 3.30. The van der Waals surface area contributed by atoms with Crippen LogP contribution in [0.25, 0.3) is 0 Å². The summed E-state index contributed by atoms with van der Waals surface area (Å²) in [5, 5.41) is 4.88. The molecule has 1 heterocycles. The van der Waals surface area contributed by atoms with Crippen molar-refractivity contribution in [3.05, 3.63) is 12.4 Å². The first-order valence-electron chi connectivity index (χ1n) is 1.83. The molecular weight excluding hydrogens is 92.1 g/mol. The van der Waals surface area contributed by atoms with E-state index in [4.69, 9.17) is 5.84 Å². The molecule has 0 fully saturated rings. The largest absolute Gasteiger partial charge is 0.261 e. The van der Waals surface area contributed by atoms with Gasteiger partial charge in [0.25, 0.3) is 0 Å². The molecule has 1 rings (SSSR count). The topological polar surface area (TPSA) is 53.7 Å². The van der Waals surface area contributed by atoms with Crippen molar-refractivity contribution in [1.29, 1.82) is 0 Å². The van der Waals surface area contributed by atoms with Crippen molar-refractivity contribution in [1.82, 2.24) is 10.4 Å². The van der Waals surface area contributed by atoms with Crippen molar-refractivity contribution < 1.29 is 0 Å². The maximum Gasteiger partial charge on any atom is 0.135 e. The van der Waals surface area contributed by atoms with E-state index in [1.165, 1.54) is 11.3 Å². The summed E-state index contributed by atoms with van der Waals surface area (Å²) in [6, 6.07) is 0. The molecule has 7 heavy (non-hydrogen) atoms. The van der Waals surface area contributed by atoms with E-state index >= 15 is 0 Å². The van der Waals surface area contributed by atoms with Gasteiger partial charge in [-0.05, 0) is 0 Å². The Morgan fingerprint density at radius 3 is 2.86 bits per heavy atom. The van der Waals surface area contributed by atoms with E-state index in [2.05, 4.69) is 17.1 Å². The van der Waals surface area contributed by atoms with Crippen molar-refractivity contribution in [2.75, 3.05) is 0 Å². The molecule has 0 unspecified atom stereocenters. The van der Waals surface area contributed by atoms with E-state index in [1.807, 2.05) is 0 Å². The van der Waals surface area contributed by atoms with Crippen molar-refractivity contribution in [3.8, 4) is 0 Å². The SMILES string of the molecule is C=C1NN=CN1N. The summed E-state index contributed by atoms with van der Waals surface area (Å²) in [5.74, 6) is 5.80. The normalized spacial score (nSPS) is 17.9. The molecule has 0 radical (unpaired) electrons. The van der Waals surface area contributed by atoms with Crippen molar-refractivity contribution in [2.45, 2.75) is 0 Å². The first kappa shape index (κ1) is 4.14. The fraction of sp³-hybridized carbons (Fsp3) is 0. The Morgan fingerprint density at radius 1 is 2.00 bits per heavy atom. The van der Waals surface area contributed by atoms with Crippen LogP contribution in [0.4, 0.5) is 0 Å². The van der Waals surface area contributed by atoms with Crippen molar-refractivity contribution in [3.63, 3.8) is 0 Å². The minimum absolute atomic E-state index is 0.597. The maximum atomic E-state index is 5.20. The molecule has 3 N–H and O–H groups in total. The summed E-state index contributed by atoms with van der Waals surface area (Å²) in [4.78, 5) is 0. The Hall–Kier alpha value is -1.03. The third-order valence-electron chi connectivity index (χ3n) is 0.687. The fourth-order valence-corrected chi connectivity index (χ4v) is 0.293. The van der Waals surface area contributed by atoms with Crippen LogP contribution in [-0.2, 0) is 0 Å². The number of hydrogen-bond acceptors (Lipinski definition) is 4. The van der Waals surface area contributed by atoms with Crippen LogP contribution in [0.15, 0.2) is 17.5 Å². The average molecular weight is 98.1 g/mol. The highest BCUT2D eigenvalue weighted by atomic mass is 15.6. The fourth-order valence-electron chi connectivity index (χ4n) is 0.293. The quantitative estimate of drug-likeness (QED) is 0.389. The zero-order valence-electron chi connectivity index (χ0n) is 3.76. The van der Waals surface area contributed by atoms with Gasteiger partial charge in [0.2, 0.25) is 0 Å². The Balaban J connectivity index is 2.62. The van der Waals surface area contributed by atoms with Gasteiger partial charge in [-0.3, -0.25) is 10.4 Å². The molecule has 0 atom stereocenters. The molecule has 4 heteroatoms. The second-order valence-electron chi connectivity index (χ2n) is 1.21. The van der Waals surface area contributed by atoms with E-state index in [9.17, 15) is 0 Å². The molecule has 0 aromatic rings. The van der Waals surface area contributed by atoms with E-state index in [1.54, 1.807) is 0 Å². The molecule has 1 aliphatic heterocycles. The van der Waals surface area contributed by atoms with Crippen LogP contribution in [0.1, 0.15) is 0 Å². The molecule has 0 amide bonds. The summed E-state index contributed by atoms with van der Waals surface area (Å²) >= 11 is 0. The van der Waals surface area contributed by atoms with E-state index in [-0.39, 0.29) is 0 Å². The highest BCUT2D eigenvalue weighted by Crippen LogP contribution is 1.90. The van der Waals surface area contributed by atoms with Crippen LogP contribution >= 0.6 is 0 Å². The Bertz CT molecular complexity index is 116. The molecule has 0 saturated heterocycles. The molecule has 0 aromatic heterocycles. The Kier molecular flexibility index (Phi) is 0.729. The Morgan fingerprint density at radius 2 is 2.71 bits per heavy atom. The lowest BCUT2D eigenvalue weighted by atomic mass is 10.8. The van der Waals surface area contributed by atoms with Crippen LogP contribution in [0.5, 0.6) is 0 Å². The van der Waals surface area contributed by atoms with Gasteiger partial charge in [0.1, 0.15) is 12.2 Å². The minimum Gasteiger partial charge on any atom is -0.261 e. The number of nitrogens with one attached hydrogen (secondary N) is 1. The molecule has 4 nitrogen and oxygen atoms in total. The van der Waals surface area contributed by atoms with Gasteiger partial charge >= 0.3 is 0 Å². The summed E-state index contributed by atoms with van der Waals surface area (Å²) in [7, 11) is 0. The number of nitrogens with two attached hydrogens (primary N) is 1. The highest BCUT2D eigenvalue weighted by Gasteiger charge is 2.01. The zero-order valence-corrected chi connectivity index (χ0v) is 3.76. The number of hydrazone groups is 1. The predicted molar refractivity (Wildman–Crippen MR) is 26.8 cm³/mol. The summed E-state index contributed by atoms with van der Waals surface area (Å²) < 4.78 is 0. The van der Waals surface area contributed by atoms with Gasteiger partial charge in [0.15, 0.2) is 0 Å². The summed E-state index contributed by atoms with van der Waals surface area (Å²) in [5.41, 5.74) is 2.55. The number of nitrogens with zero attached hydrogens (tertiary/aromatic N) is 2. The first-order valence-corrected chi connectivity index (χ1v) is 1.83. The molecule has 0 aliphatic carbocycles. The van der Waals surface area contributed by atoms with Crippen LogP contribution < -0.4 is 11.3 Å². The molecule has 0 aromatic carbocycles. The van der Waals surface area contributed by atoms with Crippen LogP contribution in [0.2, 0.25) is 0 Å². The van der Waals surface area contributed by atoms with Crippen molar-refractivity contribution >= 4 is 6.34 Å². The van der Waals surface area contributed by atoms with Gasteiger partial charge in [-0.2, -0.15) is 5.10 Å². The molecular formula is C3H6N4. The van der Waals surface area contributed by atoms with Gasteiger partial charge in [-0.15, -0.1) is 0 Å². The lowest BCUT2D eigenvalue weighted by molar-refractivity contribution is 0.554. The smallest absolute Gasteiger partial charge is 0.135 e. The summed E-state index contributed by atoms with van der Waals surface area (Å²) in [6.45, 7) is 3.50. The monoisotopic (exact) mass is 98.1 g/mol. The zero-order chi connectivity index (χ0) is 5.28. The average Bonchev–Trinajstić information content (AvgIpc) is 1.91. The van der Waals surface area contributed by atoms with Crippen molar-refractivity contribution in [2.24, 2.45) is 10.9 Å². The van der Waals surface area contributed by atoms with Gasteiger partial charge in [0.05, 0.1) is 0 Å². The van der Waals surface area contributed by atoms with Gasteiger partial charge in [0, 0.05) is 0 Å². The molecule has 0 bridgehead atoms. The minimum atomic E-state index is 0.597. The lowest BCUT2D eigenvalue weighted by Gasteiger charge is -2.03. The summed E-state index contributed by atoms with van der Waals surface area (Å²) in [6.07, 6.45) is 1.45. The number of rotatable bonds is 0. The van der Waals surface area contributed by atoms with Crippen LogP contribution in [0.3, 0.4) is 0 Å². The van der Waals surface area contributed by atoms with E-state index in [0.717, 1.165) is 0 Å². The predicted octanol–water partition coefficient (Wildman–Crippen LogP) is -0.820. The van der Waals surface area contributed by atoms with Crippen LogP contribution in [0, 0.1) is 0 Å². The number of hydrogen-bond donors (Lipinski definition) is 2. The van der Waals surface area contributed by atoms with Crippen LogP contribution in [-0.4, -0.2) is 11.3 Å². The second kappa shape index (κ2) is 1.23. The van der Waals surface area contributed by atoms with Gasteiger partial charge in [-0.1, -0.05) is 6.58 Å². The Labute approximate surface area is 41.3 Å². The van der Waals surface area contributed by atoms with Gasteiger partial charge < -0.3 is 0 Å². The van der Waals surface area contributed by atoms with Gasteiger partial charge in [-0.25, -0.2) is 5.84 Å². The molecule has 0 spiro atoms. The lowest BCUT2D eigenvalue weighted by Crippen LogP contribution is -2.26. The van der Waals surface area contributed by atoms with E-state index < -0.39 is 0 Å². The molecule has 0 saturated carbocycles. The van der Waals surface area contributed by atoms with E-state index in [0.29, 0.717) is 5.82 Å². The third kappa shape index (κ3) is 0.545. The molecule has 1 aliphatic rings. The second-order valence-corrected chi connectivity index (χ2v) is 1.21. The maximum absolute atomic E-state index is 5.20.